The Hall–Kier alpha value is -6.39. The molecule has 0 atom stereocenters. The summed E-state index contributed by atoms with van der Waals surface area (Å²) in [6.07, 6.45) is 2.31. The molecule has 0 spiro atoms. The van der Waals surface area contributed by atoms with E-state index in [1.807, 2.05) is 103 Å². The van der Waals surface area contributed by atoms with Crippen molar-refractivity contribution in [3.63, 3.8) is 0 Å². The van der Waals surface area contributed by atoms with Crippen LogP contribution in [0.5, 0.6) is 5.75 Å². The molecule has 0 aromatic heterocycles. The average Bonchev–Trinajstić information content (AvgIpc) is 3.25. The minimum Gasteiger partial charge on any atom is -0.488 e. The van der Waals surface area contributed by atoms with E-state index in [0.29, 0.717) is 41.6 Å². The smallest absolute Gasteiger partial charge is 0.341 e. The Morgan fingerprint density at radius 3 is 1.48 bits per heavy atom. The molecule has 0 unspecified atom stereocenters. The Bertz CT molecular complexity index is 2270. The molecule has 0 saturated carbocycles. The zero-order valence-corrected chi connectivity index (χ0v) is 32.4. The standard InChI is InChI=1S/C47H38O7S2/c1-4-45(48)52-28-30-55-41-23-14-35(15-24-41)7-6-34-10-19-39(20-11-34)40-21-12-38(13-22-40)33-54-44-27-18-37(32-43(44)47(50)51-3)9-8-36-16-25-42(26-17-36)56-31-29-53-46(49)5-2/h4-5,10-27,32H,1-2,28-31,33H2,3H3. The number of hydrogen-bond acceptors (Lipinski definition) is 9. The van der Waals surface area contributed by atoms with Gasteiger partial charge in [-0.3, -0.25) is 0 Å². The van der Waals surface area contributed by atoms with Crippen molar-refractivity contribution in [3.05, 3.63) is 174 Å². The van der Waals surface area contributed by atoms with E-state index in [0.717, 1.165) is 55.3 Å². The van der Waals surface area contributed by atoms with Crippen molar-refractivity contribution >= 4 is 41.4 Å². The first-order valence-electron chi connectivity index (χ1n) is 17.5. The molecule has 0 aliphatic heterocycles. The van der Waals surface area contributed by atoms with Crippen LogP contribution >= 0.6 is 23.5 Å². The molecule has 0 bridgehead atoms. The number of hydrogen-bond donors (Lipinski definition) is 0. The van der Waals surface area contributed by atoms with Crippen LogP contribution < -0.4 is 4.74 Å². The quantitative estimate of drug-likeness (QED) is 0.0258. The first kappa shape index (κ1) is 40.8. The lowest BCUT2D eigenvalue weighted by Gasteiger charge is -2.11. The van der Waals surface area contributed by atoms with E-state index in [1.54, 1.807) is 35.7 Å². The van der Waals surface area contributed by atoms with Crippen LogP contribution in [0.3, 0.4) is 0 Å². The maximum Gasteiger partial charge on any atom is 0.341 e. The second-order valence-corrected chi connectivity index (χ2v) is 14.1. The third kappa shape index (κ3) is 12.9. The molecule has 56 heavy (non-hydrogen) atoms. The van der Waals surface area contributed by atoms with Gasteiger partial charge in [-0.15, -0.1) is 23.5 Å². The summed E-state index contributed by atoms with van der Waals surface area (Å²) in [4.78, 5) is 37.1. The lowest BCUT2D eigenvalue weighted by atomic mass is 10.0. The predicted octanol–water partition coefficient (Wildman–Crippen LogP) is 9.16. The van der Waals surface area contributed by atoms with Crippen LogP contribution in [-0.4, -0.2) is 49.7 Å². The summed E-state index contributed by atoms with van der Waals surface area (Å²) >= 11 is 3.18. The molecule has 0 radical (unpaired) electrons. The summed E-state index contributed by atoms with van der Waals surface area (Å²) in [6, 6.07) is 37.1. The number of esters is 3. The molecule has 5 aromatic rings. The van der Waals surface area contributed by atoms with Gasteiger partial charge in [-0.25, -0.2) is 14.4 Å². The summed E-state index contributed by atoms with van der Waals surface area (Å²) in [5, 5.41) is 0. The lowest BCUT2D eigenvalue weighted by Crippen LogP contribution is -2.06. The summed E-state index contributed by atoms with van der Waals surface area (Å²) in [7, 11) is 1.33. The van der Waals surface area contributed by atoms with Crippen molar-refractivity contribution in [3.8, 4) is 40.6 Å². The summed E-state index contributed by atoms with van der Waals surface area (Å²) < 4.78 is 21.1. The molecule has 280 valence electrons. The number of carbonyl (C=O) groups is 3. The minimum atomic E-state index is -0.512. The fourth-order valence-corrected chi connectivity index (χ4v) is 6.44. The van der Waals surface area contributed by atoms with Gasteiger partial charge in [-0.2, -0.15) is 0 Å². The minimum absolute atomic E-state index is 0.260. The summed E-state index contributed by atoms with van der Waals surface area (Å²) in [5.74, 6) is 13.0. The molecule has 0 N–H and O–H groups in total. The van der Waals surface area contributed by atoms with Crippen LogP contribution in [0, 0.1) is 23.7 Å². The zero-order chi connectivity index (χ0) is 39.5. The molecule has 5 aromatic carbocycles. The van der Waals surface area contributed by atoms with Crippen LogP contribution in [0.1, 0.15) is 38.2 Å². The van der Waals surface area contributed by atoms with Crippen molar-refractivity contribution in [2.45, 2.75) is 16.4 Å². The third-order valence-electron chi connectivity index (χ3n) is 7.89. The molecule has 0 saturated heterocycles. The Morgan fingerprint density at radius 2 is 1.02 bits per heavy atom. The van der Waals surface area contributed by atoms with Gasteiger partial charge in [-0.05, 0) is 95.6 Å². The monoisotopic (exact) mass is 778 g/mol. The highest BCUT2D eigenvalue weighted by Crippen LogP contribution is 2.25. The first-order valence-corrected chi connectivity index (χ1v) is 19.4. The largest absolute Gasteiger partial charge is 0.488 e. The van der Waals surface area contributed by atoms with Gasteiger partial charge in [0.05, 0.1) is 7.11 Å². The van der Waals surface area contributed by atoms with E-state index in [1.165, 1.54) is 7.11 Å². The fourth-order valence-electron chi connectivity index (χ4n) is 4.98. The highest BCUT2D eigenvalue weighted by molar-refractivity contribution is 7.99. The summed E-state index contributed by atoms with van der Waals surface area (Å²) in [5.41, 5.74) is 6.63. The van der Waals surface area contributed by atoms with Crippen LogP contribution in [0.15, 0.2) is 150 Å². The number of carbonyl (C=O) groups excluding carboxylic acids is 3. The molecule has 5 rings (SSSR count). The molecular formula is C47H38O7S2. The molecular weight excluding hydrogens is 741 g/mol. The topological polar surface area (TPSA) is 88.1 Å². The number of benzene rings is 5. The van der Waals surface area contributed by atoms with Crippen LogP contribution in [0.2, 0.25) is 0 Å². The van der Waals surface area contributed by atoms with E-state index in [4.69, 9.17) is 18.9 Å². The lowest BCUT2D eigenvalue weighted by molar-refractivity contribution is -0.138. The molecule has 0 aliphatic rings. The van der Waals surface area contributed by atoms with Gasteiger partial charge in [0.2, 0.25) is 0 Å². The molecule has 9 heteroatoms. The van der Waals surface area contributed by atoms with Crippen molar-refractivity contribution in [2.24, 2.45) is 0 Å². The van der Waals surface area contributed by atoms with E-state index < -0.39 is 17.9 Å². The van der Waals surface area contributed by atoms with E-state index in [-0.39, 0.29) is 6.61 Å². The van der Waals surface area contributed by atoms with Crippen molar-refractivity contribution in [2.75, 3.05) is 31.8 Å². The van der Waals surface area contributed by atoms with E-state index >= 15 is 0 Å². The molecule has 0 amide bonds. The summed E-state index contributed by atoms with van der Waals surface area (Å²) in [6.45, 7) is 7.67. The van der Waals surface area contributed by atoms with Gasteiger partial charge >= 0.3 is 17.9 Å². The second-order valence-electron chi connectivity index (χ2n) is 11.8. The first-order chi connectivity index (χ1) is 27.3. The molecule has 0 fully saturated rings. The van der Waals surface area contributed by atoms with Gasteiger partial charge in [0.25, 0.3) is 0 Å². The van der Waals surface area contributed by atoms with Gasteiger partial charge in [0.1, 0.15) is 31.1 Å². The van der Waals surface area contributed by atoms with Crippen LogP contribution in [0.4, 0.5) is 0 Å². The maximum atomic E-state index is 12.7. The highest BCUT2D eigenvalue weighted by atomic mass is 32.2. The average molecular weight is 779 g/mol. The van der Waals surface area contributed by atoms with Crippen LogP contribution in [0.25, 0.3) is 11.1 Å². The van der Waals surface area contributed by atoms with E-state index in [2.05, 4.69) is 36.8 Å². The van der Waals surface area contributed by atoms with Gasteiger partial charge in [0, 0.05) is 55.7 Å². The van der Waals surface area contributed by atoms with E-state index in [9.17, 15) is 14.4 Å². The molecule has 7 nitrogen and oxygen atoms in total. The number of thioether (sulfide) groups is 2. The third-order valence-corrected chi connectivity index (χ3v) is 9.84. The molecule has 0 heterocycles. The normalized spacial score (nSPS) is 10.1. The number of ether oxygens (including phenoxy) is 4. The van der Waals surface area contributed by atoms with Crippen LogP contribution in [-0.2, 0) is 30.4 Å². The highest BCUT2D eigenvalue weighted by Gasteiger charge is 2.14. The fraction of sp³-hybridized carbons (Fsp3) is 0.128. The number of methoxy groups -OCH3 is 1. The van der Waals surface area contributed by atoms with Gasteiger partial charge < -0.3 is 18.9 Å². The Kier molecular flexibility index (Phi) is 15.7. The Labute approximate surface area is 336 Å². The number of rotatable bonds is 15. The van der Waals surface area contributed by atoms with Crippen molar-refractivity contribution in [1.29, 1.82) is 0 Å². The van der Waals surface area contributed by atoms with Crippen molar-refractivity contribution < 1.29 is 33.3 Å². The zero-order valence-electron chi connectivity index (χ0n) is 30.7. The Balaban J connectivity index is 1.13. The van der Waals surface area contributed by atoms with Gasteiger partial charge in [0.15, 0.2) is 0 Å². The predicted molar refractivity (Wildman–Crippen MR) is 223 cm³/mol. The van der Waals surface area contributed by atoms with Crippen molar-refractivity contribution in [1.82, 2.24) is 0 Å². The Morgan fingerprint density at radius 1 is 0.589 bits per heavy atom. The maximum absolute atomic E-state index is 12.7. The SMILES string of the molecule is C=CC(=O)OCCSc1ccc(C#Cc2ccc(-c3ccc(COc4ccc(C#Cc5ccc(SCCOC(=O)C=C)cc5)cc4C(=O)OC)cc3)cc2)cc1. The van der Waals surface area contributed by atoms with Gasteiger partial charge in [-0.1, -0.05) is 73.2 Å². The second kappa shape index (κ2) is 21.5. The molecule has 0 aliphatic carbocycles.